The summed E-state index contributed by atoms with van der Waals surface area (Å²) in [5.74, 6) is -2.20. The van der Waals surface area contributed by atoms with Crippen LogP contribution in [0.5, 0.6) is 5.19 Å². The Bertz CT molecular complexity index is 751. The smallest absolute Gasteiger partial charge is 0.278 e. The Morgan fingerprint density at radius 2 is 2.17 bits per heavy atom. The summed E-state index contributed by atoms with van der Waals surface area (Å²) in [6.07, 6.45) is 6.81. The largest absolute Gasteiger partial charge is 0.464 e. The van der Waals surface area contributed by atoms with E-state index in [1.165, 1.54) is 11.3 Å². The number of hydrogen-bond acceptors (Lipinski definition) is 6. The number of hydrogen-bond donors (Lipinski definition) is 1. The minimum Gasteiger partial charge on any atom is -0.464 e. The van der Waals surface area contributed by atoms with Crippen LogP contribution in [-0.2, 0) is 17.8 Å². The molecule has 0 atom stereocenters. The van der Waals surface area contributed by atoms with Crippen molar-refractivity contribution >= 4 is 17.2 Å². The predicted octanol–water partition coefficient (Wildman–Crippen LogP) is 3.90. The van der Waals surface area contributed by atoms with E-state index in [2.05, 4.69) is 15.2 Å². The number of amides is 1. The molecule has 0 bridgehead atoms. The van der Waals surface area contributed by atoms with Gasteiger partial charge in [0.2, 0.25) is 5.91 Å². The van der Waals surface area contributed by atoms with Crippen LogP contribution in [0.15, 0.2) is 0 Å². The van der Waals surface area contributed by atoms with Gasteiger partial charge in [-0.2, -0.15) is 5.26 Å². The van der Waals surface area contributed by atoms with Gasteiger partial charge in [-0.15, -0.1) is 0 Å². The molecule has 9 heteroatoms. The maximum Gasteiger partial charge on any atom is 0.278 e. The molecule has 1 saturated carbocycles. The quantitative estimate of drug-likeness (QED) is 0.630. The molecule has 1 N–H and O–H groups in total. The molecule has 1 amide bonds. The van der Waals surface area contributed by atoms with Crippen LogP contribution in [0.3, 0.4) is 0 Å². The molecule has 0 radical (unpaired) electrons. The standard InChI is InChI=1S/C21H30F2N4O2S/c1-21(22,23)14-29-20-26-17-13-27(12-9-18(17)30-20)11-8-15-4-6-16(7-5-15)25-19(28)3-2-10-24/h15-16H,2-9,11-14H2,1H3,(H,25,28). The second-order valence-corrected chi connectivity index (χ2v) is 9.51. The highest BCUT2D eigenvalue weighted by molar-refractivity contribution is 7.13. The van der Waals surface area contributed by atoms with Gasteiger partial charge in [-0.25, -0.2) is 13.8 Å². The number of aromatic nitrogens is 1. The molecular weight excluding hydrogens is 410 g/mol. The van der Waals surface area contributed by atoms with E-state index in [-0.39, 0.29) is 24.8 Å². The normalized spacial score (nSPS) is 22.2. The predicted molar refractivity (Wildman–Crippen MR) is 111 cm³/mol. The molecule has 1 aliphatic carbocycles. The van der Waals surface area contributed by atoms with Gasteiger partial charge in [-0.3, -0.25) is 9.69 Å². The lowest BCUT2D eigenvalue weighted by molar-refractivity contribution is -0.122. The summed E-state index contributed by atoms with van der Waals surface area (Å²) in [6.45, 7) is 2.93. The summed E-state index contributed by atoms with van der Waals surface area (Å²) in [5, 5.41) is 12.0. The fourth-order valence-corrected chi connectivity index (χ4v) is 5.01. The van der Waals surface area contributed by atoms with Crippen LogP contribution in [0, 0.1) is 17.2 Å². The Kier molecular flexibility index (Phi) is 8.00. The number of rotatable bonds is 9. The second-order valence-electron chi connectivity index (χ2n) is 8.47. The summed E-state index contributed by atoms with van der Waals surface area (Å²) in [6, 6.07) is 2.25. The molecule has 1 aliphatic heterocycles. The summed E-state index contributed by atoms with van der Waals surface area (Å²) in [4.78, 5) is 19.7. The van der Waals surface area contributed by atoms with Crippen molar-refractivity contribution in [3.05, 3.63) is 10.6 Å². The van der Waals surface area contributed by atoms with E-state index >= 15 is 0 Å². The van der Waals surface area contributed by atoms with Crippen molar-refractivity contribution in [2.45, 2.75) is 76.8 Å². The third-order valence-electron chi connectivity index (χ3n) is 5.77. The number of carbonyl (C=O) groups is 1. The molecule has 1 aromatic heterocycles. The Morgan fingerprint density at radius 3 is 2.87 bits per heavy atom. The van der Waals surface area contributed by atoms with Gasteiger partial charge >= 0.3 is 0 Å². The van der Waals surface area contributed by atoms with Crippen LogP contribution >= 0.6 is 11.3 Å². The molecule has 1 aromatic rings. The number of fused-ring (bicyclic) bond motifs is 1. The SMILES string of the molecule is CC(F)(F)COc1nc2c(s1)CCN(CCC1CCC(NC(=O)CCC#N)CC1)C2. The number of nitrogens with zero attached hydrogens (tertiary/aromatic N) is 3. The molecule has 0 aromatic carbocycles. The summed E-state index contributed by atoms with van der Waals surface area (Å²) < 4.78 is 31.1. The van der Waals surface area contributed by atoms with Crippen LogP contribution in [0.2, 0.25) is 0 Å². The number of carbonyl (C=O) groups excluding carboxylic acids is 1. The van der Waals surface area contributed by atoms with Crippen molar-refractivity contribution in [3.8, 4) is 11.3 Å². The maximum absolute atomic E-state index is 13.0. The molecule has 0 unspecified atom stereocenters. The monoisotopic (exact) mass is 440 g/mol. The molecule has 1 fully saturated rings. The molecule has 2 aliphatic rings. The van der Waals surface area contributed by atoms with Gasteiger partial charge in [-0.1, -0.05) is 11.3 Å². The minimum absolute atomic E-state index is 0.0154. The molecule has 3 rings (SSSR count). The third kappa shape index (κ3) is 7.17. The maximum atomic E-state index is 13.0. The molecular formula is C21H30F2N4O2S. The first-order valence-electron chi connectivity index (χ1n) is 10.7. The van der Waals surface area contributed by atoms with E-state index in [9.17, 15) is 13.6 Å². The lowest BCUT2D eigenvalue weighted by Crippen LogP contribution is -2.38. The van der Waals surface area contributed by atoms with Crippen LogP contribution in [0.25, 0.3) is 0 Å². The lowest BCUT2D eigenvalue weighted by Gasteiger charge is -2.32. The second kappa shape index (κ2) is 10.5. The van der Waals surface area contributed by atoms with Gasteiger partial charge in [0.1, 0.15) is 0 Å². The summed E-state index contributed by atoms with van der Waals surface area (Å²) in [7, 11) is 0. The number of ether oxygens (including phenoxy) is 1. The van der Waals surface area contributed by atoms with Crippen LogP contribution in [0.1, 0.15) is 62.4 Å². The van der Waals surface area contributed by atoms with E-state index in [0.29, 0.717) is 11.1 Å². The first-order chi connectivity index (χ1) is 14.3. The minimum atomic E-state index is -2.85. The molecule has 0 saturated heterocycles. The first-order valence-corrected chi connectivity index (χ1v) is 11.5. The average molecular weight is 441 g/mol. The van der Waals surface area contributed by atoms with Crippen LogP contribution in [0.4, 0.5) is 8.78 Å². The Labute approximate surface area is 180 Å². The Morgan fingerprint density at radius 1 is 1.40 bits per heavy atom. The van der Waals surface area contributed by atoms with Crippen molar-refractivity contribution in [2.75, 3.05) is 19.7 Å². The highest BCUT2D eigenvalue weighted by Crippen LogP contribution is 2.32. The summed E-state index contributed by atoms with van der Waals surface area (Å²) in [5.41, 5.74) is 0.962. The van der Waals surface area contributed by atoms with Crippen molar-refractivity contribution < 1.29 is 18.3 Å². The van der Waals surface area contributed by atoms with Crippen molar-refractivity contribution in [1.29, 1.82) is 5.26 Å². The zero-order chi connectivity index (χ0) is 21.6. The fourth-order valence-electron chi connectivity index (χ4n) is 4.10. The molecule has 30 heavy (non-hydrogen) atoms. The van der Waals surface area contributed by atoms with Crippen LogP contribution < -0.4 is 10.1 Å². The van der Waals surface area contributed by atoms with Crippen molar-refractivity contribution in [2.24, 2.45) is 5.92 Å². The van der Waals surface area contributed by atoms with Gasteiger partial charge in [0.15, 0.2) is 6.61 Å². The first kappa shape index (κ1) is 22.9. The molecule has 0 spiro atoms. The van der Waals surface area contributed by atoms with E-state index in [0.717, 1.165) is 75.7 Å². The lowest BCUT2D eigenvalue weighted by atomic mass is 9.84. The van der Waals surface area contributed by atoms with Gasteiger partial charge in [0.05, 0.1) is 11.8 Å². The van der Waals surface area contributed by atoms with E-state index in [1.807, 2.05) is 6.07 Å². The zero-order valence-corrected chi connectivity index (χ0v) is 18.3. The molecule has 166 valence electrons. The zero-order valence-electron chi connectivity index (χ0n) is 17.5. The van der Waals surface area contributed by atoms with E-state index < -0.39 is 12.5 Å². The van der Waals surface area contributed by atoms with E-state index in [4.69, 9.17) is 10.00 Å². The number of alkyl halides is 2. The van der Waals surface area contributed by atoms with Crippen molar-refractivity contribution in [3.63, 3.8) is 0 Å². The van der Waals surface area contributed by atoms with Gasteiger partial charge in [-0.05, 0) is 51.0 Å². The van der Waals surface area contributed by atoms with Gasteiger partial charge in [0.25, 0.3) is 11.1 Å². The molecule has 2 heterocycles. The molecule has 6 nitrogen and oxygen atoms in total. The Balaban J connectivity index is 1.36. The third-order valence-corrected chi connectivity index (χ3v) is 6.84. The van der Waals surface area contributed by atoms with Crippen LogP contribution in [-0.4, -0.2) is 47.5 Å². The number of halogens is 2. The topological polar surface area (TPSA) is 78.2 Å². The van der Waals surface area contributed by atoms with E-state index in [1.54, 1.807) is 0 Å². The number of nitriles is 1. The fraction of sp³-hybridized carbons (Fsp3) is 0.762. The van der Waals surface area contributed by atoms with Gasteiger partial charge < -0.3 is 10.1 Å². The summed E-state index contributed by atoms with van der Waals surface area (Å²) >= 11 is 1.39. The highest BCUT2D eigenvalue weighted by atomic mass is 32.1. The average Bonchev–Trinajstić information content (AvgIpc) is 3.12. The highest BCUT2D eigenvalue weighted by Gasteiger charge is 2.27. The Hall–Kier alpha value is -1.79. The van der Waals surface area contributed by atoms with Crippen molar-refractivity contribution in [1.82, 2.24) is 15.2 Å². The number of nitrogens with one attached hydrogen (secondary N) is 1. The van der Waals surface area contributed by atoms with Gasteiger partial charge in [0, 0.05) is 43.8 Å². The number of thiazole rings is 1.